The Bertz CT molecular complexity index is 1310. The molecule has 0 saturated carbocycles. The van der Waals surface area contributed by atoms with Gasteiger partial charge >= 0.3 is 0 Å². The van der Waals surface area contributed by atoms with Gasteiger partial charge in [-0.1, -0.05) is 41.4 Å². The zero-order valence-electron chi connectivity index (χ0n) is 14.1. The fourth-order valence-electron chi connectivity index (χ4n) is 3.15. The van der Waals surface area contributed by atoms with E-state index in [1.54, 1.807) is 48.5 Å². The van der Waals surface area contributed by atoms with Gasteiger partial charge in [-0.05, 0) is 35.9 Å². The predicted octanol–water partition coefficient (Wildman–Crippen LogP) is 4.58. The van der Waals surface area contributed by atoms with Crippen molar-refractivity contribution in [2.24, 2.45) is 0 Å². The Labute approximate surface area is 168 Å². The second-order valence-corrected chi connectivity index (χ2v) is 6.83. The number of aromatic nitrogens is 2. The summed E-state index contributed by atoms with van der Waals surface area (Å²) >= 11 is 12.5. The van der Waals surface area contributed by atoms with E-state index in [9.17, 15) is 15.0 Å². The molecular weight excluding hydrogens is 401 g/mol. The number of H-pyrrole nitrogens is 1. The van der Waals surface area contributed by atoms with Crippen LogP contribution in [0.15, 0.2) is 53.3 Å². The number of fused-ring (bicyclic) bond motifs is 1. The van der Waals surface area contributed by atoms with Crippen LogP contribution in [0.25, 0.3) is 27.8 Å². The number of phenolic OH excluding ortho intramolecular Hbond substituents is 1. The summed E-state index contributed by atoms with van der Waals surface area (Å²) in [5.41, 5.74) is 1.22. The molecule has 0 atom stereocenters. The normalized spacial score (nSPS) is 10.9. The summed E-state index contributed by atoms with van der Waals surface area (Å²) in [4.78, 5) is 14.4. The summed E-state index contributed by atoms with van der Waals surface area (Å²) in [7, 11) is 0. The molecule has 4 aromatic rings. The number of nitrogens with zero attached hydrogens (tertiary/aromatic N) is 2. The Kier molecular flexibility index (Phi) is 4.27. The molecule has 0 fully saturated rings. The maximum absolute atomic E-state index is 11.9. The molecule has 0 radical (unpaired) electrons. The van der Waals surface area contributed by atoms with Gasteiger partial charge in [-0.15, -0.1) is 0 Å². The van der Waals surface area contributed by atoms with Gasteiger partial charge in [0.05, 0.1) is 10.5 Å². The van der Waals surface area contributed by atoms with E-state index >= 15 is 0 Å². The molecule has 3 N–H and O–H groups in total. The highest BCUT2D eigenvalue weighted by atomic mass is 35.5. The van der Waals surface area contributed by atoms with Crippen molar-refractivity contribution in [3.05, 3.63) is 74.6 Å². The maximum atomic E-state index is 11.9. The first-order valence-corrected chi connectivity index (χ1v) is 8.82. The zero-order valence-corrected chi connectivity index (χ0v) is 15.6. The van der Waals surface area contributed by atoms with E-state index in [0.717, 1.165) is 0 Å². The topological polar surface area (TPSA) is 102 Å². The monoisotopic (exact) mass is 411 g/mol. The van der Waals surface area contributed by atoms with Crippen LogP contribution >= 0.6 is 23.2 Å². The highest BCUT2D eigenvalue weighted by Gasteiger charge is 2.19. The fourth-order valence-corrected chi connectivity index (χ4v) is 3.72. The molecule has 2 heterocycles. The fraction of sp³-hybridized carbons (Fsp3) is 0. The SMILES string of the molecule is N#Cc1c(O)c2c(cc(Cl)n2-c2ccc(-c3c(O)cccc3Cl)cc2)[nH]c1=O. The maximum Gasteiger partial charge on any atom is 0.270 e. The number of halogens is 2. The van der Waals surface area contributed by atoms with Crippen LogP contribution in [0, 0.1) is 11.3 Å². The van der Waals surface area contributed by atoms with Crippen molar-refractivity contribution in [3.8, 4) is 34.4 Å². The Morgan fingerprint density at radius 1 is 1.07 bits per heavy atom. The van der Waals surface area contributed by atoms with Gasteiger partial charge in [-0.3, -0.25) is 9.36 Å². The quantitative estimate of drug-likeness (QED) is 0.449. The zero-order chi connectivity index (χ0) is 20.0. The average molecular weight is 412 g/mol. The third-order valence-corrected chi connectivity index (χ3v) is 5.00. The summed E-state index contributed by atoms with van der Waals surface area (Å²) in [6.07, 6.45) is 0. The van der Waals surface area contributed by atoms with Crippen LogP contribution in [0.1, 0.15) is 5.56 Å². The second-order valence-electron chi connectivity index (χ2n) is 6.04. The van der Waals surface area contributed by atoms with Crippen LogP contribution in [0.3, 0.4) is 0 Å². The highest BCUT2D eigenvalue weighted by Crippen LogP contribution is 2.37. The van der Waals surface area contributed by atoms with E-state index in [2.05, 4.69) is 4.98 Å². The van der Waals surface area contributed by atoms with Gasteiger partial charge in [0.25, 0.3) is 5.56 Å². The first-order chi connectivity index (χ1) is 13.4. The Morgan fingerprint density at radius 3 is 2.43 bits per heavy atom. The molecule has 0 aliphatic carbocycles. The van der Waals surface area contributed by atoms with Crippen molar-refractivity contribution in [2.75, 3.05) is 0 Å². The molecule has 6 nitrogen and oxygen atoms in total. The lowest BCUT2D eigenvalue weighted by Gasteiger charge is -2.11. The lowest BCUT2D eigenvalue weighted by atomic mass is 10.0. The number of nitriles is 1. The van der Waals surface area contributed by atoms with E-state index in [1.165, 1.54) is 10.6 Å². The molecule has 0 unspecified atom stereocenters. The van der Waals surface area contributed by atoms with E-state index < -0.39 is 11.3 Å². The van der Waals surface area contributed by atoms with Crippen molar-refractivity contribution in [3.63, 3.8) is 0 Å². The minimum atomic E-state index is -0.689. The van der Waals surface area contributed by atoms with Gasteiger partial charge in [0.1, 0.15) is 22.5 Å². The Morgan fingerprint density at radius 2 is 1.79 bits per heavy atom. The molecule has 28 heavy (non-hydrogen) atoms. The standard InChI is InChI=1S/C20H11Cl2N3O3/c21-13-2-1-3-15(26)17(13)10-4-6-11(7-5-10)25-16(22)8-14-18(25)19(27)12(9-23)20(28)24-14/h1-8,26H,(H2,24,27,28). The van der Waals surface area contributed by atoms with Crippen molar-refractivity contribution >= 4 is 34.2 Å². The van der Waals surface area contributed by atoms with E-state index in [4.69, 9.17) is 28.5 Å². The van der Waals surface area contributed by atoms with E-state index in [-0.39, 0.29) is 22.0 Å². The molecule has 138 valence electrons. The molecular formula is C20H11Cl2N3O3. The molecule has 2 aromatic heterocycles. The molecule has 0 aliphatic heterocycles. The Hall–Kier alpha value is -3.40. The number of aromatic amines is 1. The summed E-state index contributed by atoms with van der Waals surface area (Å²) in [5.74, 6) is -0.389. The highest BCUT2D eigenvalue weighted by molar-refractivity contribution is 6.33. The summed E-state index contributed by atoms with van der Waals surface area (Å²) in [6, 6.07) is 15.0. The van der Waals surface area contributed by atoms with Gasteiger partial charge in [0, 0.05) is 11.3 Å². The van der Waals surface area contributed by atoms with Gasteiger partial charge < -0.3 is 15.2 Å². The first kappa shape index (κ1) is 18.0. The molecule has 0 saturated heterocycles. The largest absolute Gasteiger partial charge is 0.507 e. The molecule has 0 aliphatic rings. The molecule has 4 rings (SSSR count). The number of rotatable bonds is 2. The number of benzene rings is 2. The van der Waals surface area contributed by atoms with Gasteiger partial charge in [0.2, 0.25) is 0 Å². The van der Waals surface area contributed by atoms with Gasteiger partial charge in [-0.25, -0.2) is 0 Å². The number of pyridine rings is 1. The summed E-state index contributed by atoms with van der Waals surface area (Å²) in [5, 5.41) is 30.3. The summed E-state index contributed by atoms with van der Waals surface area (Å²) < 4.78 is 1.51. The Balaban J connectivity index is 1.91. The molecule has 0 amide bonds. The molecule has 8 heteroatoms. The minimum Gasteiger partial charge on any atom is -0.507 e. The van der Waals surface area contributed by atoms with Crippen LogP contribution in [-0.2, 0) is 0 Å². The van der Waals surface area contributed by atoms with Crippen LogP contribution in [-0.4, -0.2) is 19.8 Å². The first-order valence-electron chi connectivity index (χ1n) is 8.07. The van der Waals surface area contributed by atoms with Crippen LogP contribution in [0.2, 0.25) is 10.2 Å². The summed E-state index contributed by atoms with van der Waals surface area (Å²) in [6.45, 7) is 0. The van der Waals surface area contributed by atoms with Crippen molar-refractivity contribution in [2.45, 2.75) is 0 Å². The second kappa shape index (κ2) is 6.64. The lowest BCUT2D eigenvalue weighted by molar-refractivity contribution is 0.476. The van der Waals surface area contributed by atoms with Gasteiger partial charge in [-0.2, -0.15) is 5.26 Å². The molecule has 0 bridgehead atoms. The van der Waals surface area contributed by atoms with E-state index in [1.807, 2.05) is 0 Å². The average Bonchev–Trinajstić information content (AvgIpc) is 2.98. The lowest BCUT2D eigenvalue weighted by Crippen LogP contribution is -2.10. The number of nitrogens with one attached hydrogen (secondary N) is 1. The van der Waals surface area contributed by atoms with Crippen LogP contribution in [0.5, 0.6) is 11.5 Å². The number of hydrogen-bond acceptors (Lipinski definition) is 4. The number of hydrogen-bond donors (Lipinski definition) is 3. The minimum absolute atomic E-state index is 0.0542. The smallest absolute Gasteiger partial charge is 0.270 e. The number of aromatic hydroxyl groups is 2. The molecule has 2 aromatic carbocycles. The third-order valence-electron chi connectivity index (χ3n) is 4.41. The van der Waals surface area contributed by atoms with Gasteiger partial charge in [0.15, 0.2) is 11.3 Å². The third kappa shape index (κ3) is 2.69. The predicted molar refractivity (Wildman–Crippen MR) is 107 cm³/mol. The van der Waals surface area contributed by atoms with Crippen LogP contribution < -0.4 is 5.56 Å². The molecule has 0 spiro atoms. The van der Waals surface area contributed by atoms with Crippen molar-refractivity contribution < 1.29 is 10.2 Å². The number of phenols is 1. The van der Waals surface area contributed by atoms with Crippen molar-refractivity contribution in [1.29, 1.82) is 5.26 Å². The van der Waals surface area contributed by atoms with Crippen LogP contribution in [0.4, 0.5) is 0 Å². The van der Waals surface area contributed by atoms with Crippen molar-refractivity contribution in [1.82, 2.24) is 9.55 Å². The van der Waals surface area contributed by atoms with E-state index in [0.29, 0.717) is 27.4 Å².